The Morgan fingerprint density at radius 1 is 0.947 bits per heavy atom. The lowest BCUT2D eigenvalue weighted by Crippen LogP contribution is -2.24. The van der Waals surface area contributed by atoms with Crippen LogP contribution in [0.2, 0.25) is 0 Å². The van der Waals surface area contributed by atoms with E-state index in [-0.39, 0.29) is 5.82 Å². The van der Waals surface area contributed by atoms with Crippen molar-refractivity contribution in [1.82, 2.24) is 0 Å². The third kappa shape index (κ3) is 2.54. The number of hydrogen-bond acceptors (Lipinski definition) is 1. The minimum Gasteiger partial charge on any atom is -0.381 e. The number of aliphatic hydroxyl groups is 1. The Kier molecular flexibility index (Phi) is 3.46. The van der Waals surface area contributed by atoms with Crippen molar-refractivity contribution in [3.8, 4) is 0 Å². The molecular formula is C17H19FO. The molecule has 2 rings (SSSR count). The fraction of sp³-hybridized carbons (Fsp3) is 0.294. The summed E-state index contributed by atoms with van der Waals surface area (Å²) in [6.45, 7) is 7.35. The minimum atomic E-state index is -1.19. The predicted molar refractivity (Wildman–Crippen MR) is 75.7 cm³/mol. The van der Waals surface area contributed by atoms with E-state index < -0.39 is 5.60 Å². The van der Waals surface area contributed by atoms with Crippen LogP contribution in [0.3, 0.4) is 0 Å². The van der Waals surface area contributed by atoms with Gasteiger partial charge in [0, 0.05) is 0 Å². The van der Waals surface area contributed by atoms with Crippen LogP contribution in [0.15, 0.2) is 36.4 Å². The molecule has 2 aromatic carbocycles. The molecule has 1 unspecified atom stereocenters. The average molecular weight is 258 g/mol. The Balaban J connectivity index is 2.57. The van der Waals surface area contributed by atoms with Crippen LogP contribution in [0.1, 0.15) is 34.7 Å². The van der Waals surface area contributed by atoms with Gasteiger partial charge in [-0.1, -0.05) is 35.9 Å². The molecule has 2 heteroatoms. The quantitative estimate of drug-likeness (QED) is 0.863. The lowest BCUT2D eigenvalue weighted by Gasteiger charge is -2.27. The van der Waals surface area contributed by atoms with Crippen molar-refractivity contribution in [2.75, 3.05) is 0 Å². The van der Waals surface area contributed by atoms with Gasteiger partial charge in [0.15, 0.2) is 0 Å². The molecule has 100 valence electrons. The molecule has 2 aromatic rings. The largest absolute Gasteiger partial charge is 0.381 e. The maximum Gasteiger partial charge on any atom is 0.126 e. The number of rotatable bonds is 2. The summed E-state index contributed by atoms with van der Waals surface area (Å²) in [5.41, 5.74) is 2.86. The molecule has 0 heterocycles. The van der Waals surface area contributed by atoms with Gasteiger partial charge in [0.05, 0.1) is 0 Å². The van der Waals surface area contributed by atoms with Gasteiger partial charge in [0.25, 0.3) is 0 Å². The first kappa shape index (κ1) is 13.8. The minimum absolute atomic E-state index is 0.289. The van der Waals surface area contributed by atoms with Gasteiger partial charge in [0.1, 0.15) is 11.4 Å². The zero-order valence-electron chi connectivity index (χ0n) is 11.8. The maximum absolute atomic E-state index is 13.7. The van der Waals surface area contributed by atoms with Crippen molar-refractivity contribution < 1.29 is 9.50 Å². The second-order valence-electron chi connectivity index (χ2n) is 5.35. The Morgan fingerprint density at radius 2 is 1.58 bits per heavy atom. The van der Waals surface area contributed by atoms with Gasteiger partial charge in [-0.25, -0.2) is 4.39 Å². The summed E-state index contributed by atoms with van der Waals surface area (Å²) in [7, 11) is 0. The van der Waals surface area contributed by atoms with Crippen LogP contribution in [0, 0.1) is 26.6 Å². The molecule has 1 atom stereocenters. The fourth-order valence-electron chi connectivity index (χ4n) is 2.31. The summed E-state index contributed by atoms with van der Waals surface area (Å²) < 4.78 is 13.7. The Labute approximate surface area is 113 Å². The molecule has 0 aliphatic carbocycles. The standard InChI is InChI=1S/C17H19FO/c1-11-5-6-12(2)15(9-11)17(4,19)14-8-7-13(3)16(18)10-14/h5-10,19H,1-4H3. The van der Waals surface area contributed by atoms with Gasteiger partial charge in [-0.2, -0.15) is 0 Å². The third-order valence-corrected chi connectivity index (χ3v) is 3.65. The highest BCUT2D eigenvalue weighted by Crippen LogP contribution is 2.32. The van der Waals surface area contributed by atoms with Crippen LogP contribution in [0.25, 0.3) is 0 Å². The summed E-state index contributed by atoms with van der Waals surface area (Å²) in [5.74, 6) is -0.289. The molecule has 0 bridgehead atoms. The van der Waals surface area contributed by atoms with Crippen LogP contribution in [-0.4, -0.2) is 5.11 Å². The average Bonchev–Trinajstić information content (AvgIpc) is 2.35. The molecule has 0 saturated carbocycles. The molecule has 0 amide bonds. The summed E-state index contributed by atoms with van der Waals surface area (Å²) in [6.07, 6.45) is 0. The van der Waals surface area contributed by atoms with E-state index in [1.807, 2.05) is 32.0 Å². The molecule has 0 saturated heterocycles. The van der Waals surface area contributed by atoms with Gasteiger partial charge >= 0.3 is 0 Å². The van der Waals surface area contributed by atoms with Gasteiger partial charge in [-0.3, -0.25) is 0 Å². The molecule has 0 aromatic heterocycles. The highest BCUT2D eigenvalue weighted by Gasteiger charge is 2.28. The van der Waals surface area contributed by atoms with Crippen molar-refractivity contribution in [2.24, 2.45) is 0 Å². The van der Waals surface area contributed by atoms with Crippen molar-refractivity contribution in [3.63, 3.8) is 0 Å². The summed E-state index contributed by atoms with van der Waals surface area (Å²) in [4.78, 5) is 0. The van der Waals surface area contributed by atoms with Gasteiger partial charge in [-0.05, 0) is 56.0 Å². The number of aryl methyl sites for hydroxylation is 3. The maximum atomic E-state index is 13.7. The normalized spacial score (nSPS) is 14.2. The van der Waals surface area contributed by atoms with Crippen molar-refractivity contribution in [2.45, 2.75) is 33.3 Å². The van der Waals surface area contributed by atoms with Crippen LogP contribution < -0.4 is 0 Å². The lowest BCUT2D eigenvalue weighted by molar-refractivity contribution is 0.101. The van der Waals surface area contributed by atoms with Gasteiger partial charge in [0.2, 0.25) is 0 Å². The highest BCUT2D eigenvalue weighted by molar-refractivity contribution is 5.42. The van der Waals surface area contributed by atoms with E-state index in [0.29, 0.717) is 11.1 Å². The second kappa shape index (κ2) is 4.78. The van der Waals surface area contributed by atoms with Crippen molar-refractivity contribution >= 4 is 0 Å². The van der Waals surface area contributed by atoms with E-state index in [0.717, 1.165) is 16.7 Å². The first-order chi connectivity index (χ1) is 8.82. The van der Waals surface area contributed by atoms with E-state index in [1.165, 1.54) is 6.07 Å². The number of halogens is 1. The number of benzene rings is 2. The molecule has 1 N–H and O–H groups in total. The van der Waals surface area contributed by atoms with E-state index >= 15 is 0 Å². The summed E-state index contributed by atoms with van der Waals surface area (Å²) >= 11 is 0. The molecule has 0 radical (unpaired) electrons. The monoisotopic (exact) mass is 258 g/mol. The molecule has 19 heavy (non-hydrogen) atoms. The topological polar surface area (TPSA) is 20.2 Å². The van der Waals surface area contributed by atoms with E-state index in [2.05, 4.69) is 0 Å². The van der Waals surface area contributed by atoms with E-state index in [4.69, 9.17) is 0 Å². The summed E-state index contributed by atoms with van der Waals surface area (Å²) in [6, 6.07) is 10.8. The zero-order valence-corrected chi connectivity index (χ0v) is 11.8. The molecule has 0 aliphatic rings. The molecular weight excluding hydrogens is 239 g/mol. The van der Waals surface area contributed by atoms with Gasteiger partial charge < -0.3 is 5.11 Å². The van der Waals surface area contributed by atoms with Gasteiger partial charge in [-0.15, -0.1) is 0 Å². The van der Waals surface area contributed by atoms with Crippen LogP contribution in [-0.2, 0) is 5.60 Å². The first-order valence-corrected chi connectivity index (χ1v) is 6.39. The van der Waals surface area contributed by atoms with E-state index in [1.54, 1.807) is 26.0 Å². The zero-order chi connectivity index (χ0) is 14.2. The lowest BCUT2D eigenvalue weighted by atomic mass is 9.84. The molecule has 0 spiro atoms. The SMILES string of the molecule is Cc1ccc(C)c(C(C)(O)c2ccc(C)c(F)c2)c1. The van der Waals surface area contributed by atoms with Crippen LogP contribution in [0.4, 0.5) is 4.39 Å². The first-order valence-electron chi connectivity index (χ1n) is 6.39. The van der Waals surface area contributed by atoms with E-state index in [9.17, 15) is 9.50 Å². The molecule has 0 aliphatic heterocycles. The van der Waals surface area contributed by atoms with Crippen molar-refractivity contribution in [1.29, 1.82) is 0 Å². The van der Waals surface area contributed by atoms with Crippen molar-refractivity contribution in [3.05, 3.63) is 70.0 Å². The smallest absolute Gasteiger partial charge is 0.126 e. The molecule has 1 nitrogen and oxygen atoms in total. The Bertz CT molecular complexity index is 615. The van der Waals surface area contributed by atoms with Crippen LogP contribution in [0.5, 0.6) is 0 Å². The molecule has 0 fully saturated rings. The Hall–Kier alpha value is -1.67. The predicted octanol–water partition coefficient (Wildman–Crippen LogP) is 4.01. The third-order valence-electron chi connectivity index (χ3n) is 3.65. The number of hydrogen-bond donors (Lipinski definition) is 1. The highest BCUT2D eigenvalue weighted by atomic mass is 19.1. The van der Waals surface area contributed by atoms with Crippen LogP contribution >= 0.6 is 0 Å². The summed E-state index contributed by atoms with van der Waals surface area (Å²) in [5, 5.41) is 10.8. The Morgan fingerprint density at radius 3 is 2.21 bits per heavy atom. The fourth-order valence-corrected chi connectivity index (χ4v) is 2.31. The second-order valence-corrected chi connectivity index (χ2v) is 5.35.